The van der Waals surface area contributed by atoms with Crippen molar-refractivity contribution in [1.29, 1.82) is 0 Å². The van der Waals surface area contributed by atoms with Crippen molar-refractivity contribution in [1.82, 2.24) is 4.72 Å². The summed E-state index contributed by atoms with van der Waals surface area (Å²) in [5, 5.41) is 3.61. The molecule has 2 aromatic carbocycles. The first-order valence-corrected chi connectivity index (χ1v) is 11.4. The molecule has 0 aliphatic heterocycles. The van der Waals surface area contributed by atoms with Crippen molar-refractivity contribution in [2.45, 2.75) is 32.4 Å². The third kappa shape index (κ3) is 6.90. The third-order valence-corrected chi connectivity index (χ3v) is 4.79. The summed E-state index contributed by atoms with van der Waals surface area (Å²) in [4.78, 5) is 0. The Bertz CT molecular complexity index is 602. The lowest BCUT2D eigenvalue weighted by Crippen LogP contribution is -2.33. The van der Waals surface area contributed by atoms with Gasteiger partial charge in [0.05, 0.1) is 0 Å². The second kappa shape index (κ2) is 7.65. The van der Waals surface area contributed by atoms with Crippen LogP contribution < -0.4 is 10.0 Å². The number of rotatable bonds is 7. The molecule has 0 radical (unpaired) electrons. The molecule has 0 fully saturated rings. The zero-order valence-electron chi connectivity index (χ0n) is 14.5. The van der Waals surface area contributed by atoms with E-state index >= 15 is 0 Å². The minimum absolute atomic E-state index is 0.0123. The van der Waals surface area contributed by atoms with Crippen LogP contribution in [0.25, 0.3) is 0 Å². The van der Waals surface area contributed by atoms with E-state index in [0.717, 1.165) is 18.7 Å². The van der Waals surface area contributed by atoms with Gasteiger partial charge in [0.1, 0.15) is 0 Å². The first-order valence-electron chi connectivity index (χ1n) is 7.85. The highest BCUT2D eigenvalue weighted by Gasteiger charge is 2.18. The summed E-state index contributed by atoms with van der Waals surface area (Å²) >= 11 is 4.57. The van der Waals surface area contributed by atoms with Gasteiger partial charge in [0.2, 0.25) is 0 Å². The van der Waals surface area contributed by atoms with E-state index in [9.17, 15) is 0 Å². The fourth-order valence-electron chi connectivity index (χ4n) is 2.50. The Morgan fingerprint density at radius 1 is 0.913 bits per heavy atom. The first-order chi connectivity index (χ1) is 10.7. The molecule has 0 aromatic heterocycles. The van der Waals surface area contributed by atoms with Crippen molar-refractivity contribution in [2.24, 2.45) is 0 Å². The molecule has 2 rings (SSSR count). The topological polar surface area (TPSA) is 24.1 Å². The molecule has 0 unspecified atom stereocenters. The highest BCUT2D eigenvalue weighted by molar-refractivity contribution is 8.86. The maximum atomic E-state index is 4.57. The maximum absolute atomic E-state index is 4.57. The van der Waals surface area contributed by atoms with Crippen LogP contribution in [0.2, 0.25) is 0 Å². The molecular weight excluding hydrogens is 320 g/mol. The largest absolute Gasteiger partial charge is 0.380 e. The smallest absolute Gasteiger partial charge is 0.0357 e. The highest BCUT2D eigenvalue weighted by atomic mass is 33.1. The Labute approximate surface area is 147 Å². The molecule has 0 saturated carbocycles. The van der Waals surface area contributed by atoms with Crippen molar-refractivity contribution >= 4 is 26.6 Å². The highest BCUT2D eigenvalue weighted by Crippen LogP contribution is 2.39. The first kappa shape index (κ1) is 18.2. The number of hydrogen-bond donors (Lipinski definition) is 3. The predicted octanol–water partition coefficient (Wildman–Crippen LogP) is 5.03. The van der Waals surface area contributed by atoms with Crippen LogP contribution in [-0.2, 0) is 13.0 Å². The van der Waals surface area contributed by atoms with Gasteiger partial charge in [-0.15, -0.1) is 20.9 Å². The van der Waals surface area contributed by atoms with Gasteiger partial charge in [0.25, 0.3) is 0 Å². The summed E-state index contributed by atoms with van der Waals surface area (Å²) in [6.07, 6.45) is 5.27. The normalized spacial score (nSPS) is 12.9. The van der Waals surface area contributed by atoms with Gasteiger partial charge < -0.3 is 5.32 Å². The zero-order valence-corrected chi connectivity index (χ0v) is 16.2. The van der Waals surface area contributed by atoms with Crippen LogP contribution in [0.5, 0.6) is 0 Å². The van der Waals surface area contributed by atoms with Crippen molar-refractivity contribution in [2.75, 3.05) is 17.8 Å². The third-order valence-electron chi connectivity index (χ3n) is 3.56. The second-order valence-corrected chi connectivity index (χ2v) is 12.5. The molecule has 0 amide bonds. The molecule has 0 bridgehead atoms. The van der Waals surface area contributed by atoms with Gasteiger partial charge >= 0.3 is 0 Å². The molecule has 0 aliphatic rings. The van der Waals surface area contributed by atoms with E-state index < -0.39 is 9.25 Å². The van der Waals surface area contributed by atoms with Gasteiger partial charge in [0, 0.05) is 17.8 Å². The SMILES string of the molecule is CC(C)(Cc1ccc(CNS(C)(C)S)cc1)Nc1ccccc1. The standard InChI is InChI=1S/C19H28N2S2/c1-19(2,21-18-8-6-5-7-9-18)14-16-10-12-17(13-11-16)15-20-23(3,4)22/h5-13,20-22H,14-15H2,1-4H3. The van der Waals surface area contributed by atoms with E-state index in [-0.39, 0.29) is 5.54 Å². The van der Waals surface area contributed by atoms with Crippen molar-refractivity contribution in [3.63, 3.8) is 0 Å². The molecule has 0 heterocycles. The minimum atomic E-state index is -0.961. The van der Waals surface area contributed by atoms with E-state index in [1.54, 1.807) is 0 Å². The minimum Gasteiger partial charge on any atom is -0.380 e. The van der Waals surface area contributed by atoms with Crippen molar-refractivity contribution in [3.8, 4) is 0 Å². The zero-order chi connectivity index (χ0) is 16.9. The molecule has 0 saturated heterocycles. The molecule has 0 aliphatic carbocycles. The molecule has 0 spiro atoms. The molecule has 2 aromatic rings. The van der Waals surface area contributed by atoms with Gasteiger partial charge in [0.15, 0.2) is 0 Å². The van der Waals surface area contributed by atoms with Crippen LogP contribution in [0.4, 0.5) is 5.69 Å². The van der Waals surface area contributed by atoms with Crippen LogP contribution in [0.3, 0.4) is 0 Å². The Morgan fingerprint density at radius 3 is 2.04 bits per heavy atom. The van der Waals surface area contributed by atoms with Crippen LogP contribution in [0, 0.1) is 0 Å². The van der Waals surface area contributed by atoms with Crippen molar-refractivity contribution in [3.05, 3.63) is 65.7 Å². The Kier molecular flexibility index (Phi) is 6.06. The van der Waals surface area contributed by atoms with Gasteiger partial charge in [-0.05, 0) is 56.0 Å². The molecule has 23 heavy (non-hydrogen) atoms. The summed E-state index contributed by atoms with van der Waals surface area (Å²) in [6, 6.07) is 19.3. The van der Waals surface area contributed by atoms with E-state index in [2.05, 4.69) is 96.6 Å². The summed E-state index contributed by atoms with van der Waals surface area (Å²) in [7, 11) is -0.961. The average molecular weight is 349 g/mol. The van der Waals surface area contributed by atoms with Crippen LogP contribution in [0.15, 0.2) is 54.6 Å². The Hall–Kier alpha value is -1.10. The molecule has 2 nitrogen and oxygen atoms in total. The average Bonchev–Trinajstić information content (AvgIpc) is 2.46. The molecule has 126 valence electrons. The number of nitrogens with one attached hydrogen (secondary N) is 2. The number of benzene rings is 2. The second-order valence-electron chi connectivity index (χ2n) is 6.96. The van der Waals surface area contributed by atoms with Crippen molar-refractivity contribution < 1.29 is 0 Å². The van der Waals surface area contributed by atoms with Gasteiger partial charge in [-0.25, -0.2) is 0 Å². The van der Waals surface area contributed by atoms with Crippen LogP contribution in [-0.4, -0.2) is 18.1 Å². The lowest BCUT2D eigenvalue weighted by Gasteiger charge is -2.28. The van der Waals surface area contributed by atoms with E-state index in [0.29, 0.717) is 0 Å². The van der Waals surface area contributed by atoms with Crippen LogP contribution in [0.1, 0.15) is 25.0 Å². The number of anilines is 1. The molecule has 4 heteroatoms. The number of para-hydroxylation sites is 1. The summed E-state index contributed by atoms with van der Waals surface area (Å²) in [5.41, 5.74) is 3.83. The summed E-state index contributed by atoms with van der Waals surface area (Å²) in [6.45, 7) is 5.35. The lowest BCUT2D eigenvalue weighted by atomic mass is 9.94. The van der Waals surface area contributed by atoms with Gasteiger partial charge in [-0.3, -0.25) is 4.72 Å². The predicted molar refractivity (Wildman–Crippen MR) is 110 cm³/mol. The molecule has 0 atom stereocenters. The van der Waals surface area contributed by atoms with E-state index in [1.807, 2.05) is 6.07 Å². The Balaban J connectivity index is 1.94. The maximum Gasteiger partial charge on any atom is 0.0357 e. The summed E-state index contributed by atoms with van der Waals surface area (Å²) in [5.74, 6) is 0. The fraction of sp³-hybridized carbons (Fsp3) is 0.368. The van der Waals surface area contributed by atoms with E-state index in [1.165, 1.54) is 11.1 Å². The fourth-order valence-corrected chi connectivity index (χ4v) is 3.22. The van der Waals surface area contributed by atoms with Crippen LogP contribution >= 0.6 is 20.9 Å². The quantitative estimate of drug-likeness (QED) is 0.483. The molecule has 2 N–H and O–H groups in total. The van der Waals surface area contributed by atoms with Gasteiger partial charge in [-0.1, -0.05) is 42.5 Å². The number of hydrogen-bond acceptors (Lipinski definition) is 3. The molecular formula is C19H28N2S2. The van der Waals surface area contributed by atoms with Gasteiger partial charge in [-0.2, -0.15) is 0 Å². The number of thiol groups is 1. The monoisotopic (exact) mass is 348 g/mol. The Morgan fingerprint density at radius 2 is 1.48 bits per heavy atom. The summed E-state index contributed by atoms with van der Waals surface area (Å²) < 4.78 is 3.47. The lowest BCUT2D eigenvalue weighted by molar-refractivity contribution is 0.564. The van der Waals surface area contributed by atoms with E-state index in [4.69, 9.17) is 0 Å².